The summed E-state index contributed by atoms with van der Waals surface area (Å²) in [6, 6.07) is 13.7. The van der Waals surface area contributed by atoms with Crippen molar-refractivity contribution in [3.8, 4) is 0 Å². The first-order valence-corrected chi connectivity index (χ1v) is 6.58. The monoisotopic (exact) mass is 270 g/mol. The largest absolute Gasteiger partial charge is 0.476 e. The lowest BCUT2D eigenvalue weighted by Gasteiger charge is -2.29. The number of aromatic nitrogens is 1. The minimum absolute atomic E-state index is 0.0946. The smallest absolute Gasteiger partial charge is 0.356 e. The Kier molecular flexibility index (Phi) is 4.35. The third-order valence-electron chi connectivity index (χ3n) is 3.12. The van der Waals surface area contributed by atoms with Crippen LogP contribution in [0.5, 0.6) is 0 Å². The maximum atomic E-state index is 11.3. The molecule has 2 aromatic rings. The summed E-state index contributed by atoms with van der Waals surface area (Å²) in [7, 11) is 0. The molecule has 0 fully saturated rings. The second kappa shape index (κ2) is 6.19. The van der Waals surface area contributed by atoms with Crippen LogP contribution < -0.4 is 4.90 Å². The van der Waals surface area contributed by atoms with E-state index in [4.69, 9.17) is 0 Å². The van der Waals surface area contributed by atoms with Crippen molar-refractivity contribution in [1.82, 2.24) is 4.98 Å². The van der Waals surface area contributed by atoms with Gasteiger partial charge in [-0.2, -0.15) is 0 Å². The van der Waals surface area contributed by atoms with Gasteiger partial charge in [0.05, 0.1) is 5.69 Å². The maximum absolute atomic E-state index is 11.3. The molecule has 0 amide bonds. The third-order valence-corrected chi connectivity index (χ3v) is 3.12. The van der Waals surface area contributed by atoms with Crippen molar-refractivity contribution in [2.24, 2.45) is 0 Å². The zero-order valence-corrected chi connectivity index (χ0v) is 11.7. The van der Waals surface area contributed by atoms with Gasteiger partial charge in [-0.05, 0) is 31.5 Å². The van der Waals surface area contributed by atoms with Gasteiger partial charge in [0.25, 0.3) is 0 Å². The lowest BCUT2D eigenvalue weighted by molar-refractivity contribution is 0.0691. The molecular weight excluding hydrogens is 252 g/mol. The fourth-order valence-electron chi connectivity index (χ4n) is 2.12. The van der Waals surface area contributed by atoms with Crippen molar-refractivity contribution in [1.29, 1.82) is 0 Å². The summed E-state index contributed by atoms with van der Waals surface area (Å²) in [4.78, 5) is 17.3. The van der Waals surface area contributed by atoms with E-state index in [9.17, 15) is 9.90 Å². The average molecular weight is 270 g/mol. The number of rotatable bonds is 5. The summed E-state index contributed by atoms with van der Waals surface area (Å²) in [5.41, 5.74) is 1.89. The lowest BCUT2D eigenvalue weighted by Crippen LogP contribution is -2.31. The predicted molar refractivity (Wildman–Crippen MR) is 79.0 cm³/mol. The van der Waals surface area contributed by atoms with Gasteiger partial charge in [0.1, 0.15) is 0 Å². The highest BCUT2D eigenvalue weighted by atomic mass is 16.4. The maximum Gasteiger partial charge on any atom is 0.356 e. The number of anilines is 1. The standard InChI is InChI=1S/C16H18N2O2/c1-12(2)18(11-13-7-4-3-5-8-13)14-9-6-10-17-15(14)16(19)20/h3-10,12H,11H2,1-2H3,(H,19,20). The lowest BCUT2D eigenvalue weighted by atomic mass is 10.1. The minimum Gasteiger partial charge on any atom is -0.476 e. The Morgan fingerprint density at radius 3 is 2.50 bits per heavy atom. The number of benzene rings is 1. The Morgan fingerprint density at radius 1 is 1.20 bits per heavy atom. The van der Waals surface area contributed by atoms with Crippen molar-refractivity contribution in [2.75, 3.05) is 4.90 Å². The number of hydrogen-bond acceptors (Lipinski definition) is 3. The molecule has 1 aromatic carbocycles. The van der Waals surface area contributed by atoms with Crippen LogP contribution in [-0.4, -0.2) is 22.1 Å². The predicted octanol–water partition coefficient (Wildman–Crippen LogP) is 3.19. The SMILES string of the molecule is CC(C)N(Cc1ccccc1)c1cccnc1C(=O)O. The fraction of sp³-hybridized carbons (Fsp3) is 0.250. The van der Waals surface area contributed by atoms with E-state index < -0.39 is 5.97 Å². The summed E-state index contributed by atoms with van der Waals surface area (Å²) < 4.78 is 0. The Hall–Kier alpha value is -2.36. The molecule has 1 heterocycles. The highest BCUT2D eigenvalue weighted by Crippen LogP contribution is 2.23. The first kappa shape index (κ1) is 14.1. The van der Waals surface area contributed by atoms with Crippen molar-refractivity contribution in [3.05, 3.63) is 59.9 Å². The summed E-state index contributed by atoms with van der Waals surface area (Å²) in [5, 5.41) is 9.27. The second-order valence-corrected chi connectivity index (χ2v) is 4.88. The average Bonchev–Trinajstić information content (AvgIpc) is 2.45. The van der Waals surface area contributed by atoms with Crippen LogP contribution in [0.2, 0.25) is 0 Å². The summed E-state index contributed by atoms with van der Waals surface area (Å²) in [6.07, 6.45) is 1.51. The Balaban J connectivity index is 2.37. The first-order valence-electron chi connectivity index (χ1n) is 6.58. The van der Waals surface area contributed by atoms with Crippen LogP contribution in [0, 0.1) is 0 Å². The van der Waals surface area contributed by atoms with Crippen LogP contribution in [0.15, 0.2) is 48.7 Å². The van der Waals surface area contributed by atoms with E-state index in [1.807, 2.05) is 49.1 Å². The molecule has 0 spiro atoms. The molecule has 2 rings (SSSR count). The zero-order valence-electron chi connectivity index (χ0n) is 11.7. The number of pyridine rings is 1. The summed E-state index contributed by atoms with van der Waals surface area (Å²) in [6.45, 7) is 4.74. The van der Waals surface area contributed by atoms with Crippen molar-refractivity contribution >= 4 is 11.7 Å². The van der Waals surface area contributed by atoms with Gasteiger partial charge in [-0.15, -0.1) is 0 Å². The zero-order chi connectivity index (χ0) is 14.5. The fourth-order valence-corrected chi connectivity index (χ4v) is 2.12. The molecule has 4 nitrogen and oxygen atoms in total. The van der Waals surface area contributed by atoms with Crippen molar-refractivity contribution in [3.63, 3.8) is 0 Å². The molecule has 1 N–H and O–H groups in total. The van der Waals surface area contributed by atoms with Gasteiger partial charge in [0.15, 0.2) is 5.69 Å². The molecule has 0 radical (unpaired) electrons. The van der Waals surface area contributed by atoms with Crippen LogP contribution in [0.4, 0.5) is 5.69 Å². The van der Waals surface area contributed by atoms with Crippen molar-refractivity contribution < 1.29 is 9.90 Å². The van der Waals surface area contributed by atoms with Crippen LogP contribution in [0.1, 0.15) is 29.9 Å². The summed E-state index contributed by atoms with van der Waals surface area (Å²) >= 11 is 0. The number of nitrogens with zero attached hydrogens (tertiary/aromatic N) is 2. The molecule has 1 aromatic heterocycles. The number of aromatic carboxylic acids is 1. The van der Waals surface area contributed by atoms with Crippen molar-refractivity contribution in [2.45, 2.75) is 26.4 Å². The van der Waals surface area contributed by atoms with E-state index in [0.29, 0.717) is 12.2 Å². The van der Waals surface area contributed by atoms with Gasteiger partial charge in [-0.3, -0.25) is 0 Å². The van der Waals surface area contributed by atoms with Gasteiger partial charge >= 0.3 is 5.97 Å². The molecule has 0 atom stereocenters. The minimum atomic E-state index is -1.00. The highest BCUT2D eigenvalue weighted by Gasteiger charge is 2.19. The Morgan fingerprint density at radius 2 is 1.90 bits per heavy atom. The molecular formula is C16H18N2O2. The highest BCUT2D eigenvalue weighted by molar-refractivity contribution is 5.92. The van der Waals surface area contributed by atoms with E-state index in [1.165, 1.54) is 6.20 Å². The molecule has 0 aliphatic heterocycles. The van der Waals surface area contributed by atoms with Gasteiger partial charge in [-0.25, -0.2) is 9.78 Å². The van der Waals surface area contributed by atoms with E-state index in [1.54, 1.807) is 12.1 Å². The number of carbonyl (C=O) groups is 1. The first-order chi connectivity index (χ1) is 9.59. The van der Waals surface area contributed by atoms with E-state index >= 15 is 0 Å². The van der Waals surface area contributed by atoms with Gasteiger partial charge in [0, 0.05) is 18.8 Å². The quantitative estimate of drug-likeness (QED) is 0.906. The molecule has 0 bridgehead atoms. The van der Waals surface area contributed by atoms with E-state index in [2.05, 4.69) is 4.98 Å². The van der Waals surface area contributed by atoms with Crippen LogP contribution in [0.3, 0.4) is 0 Å². The summed E-state index contributed by atoms with van der Waals surface area (Å²) in [5.74, 6) is -1.00. The van der Waals surface area contributed by atoms with Crippen LogP contribution in [0.25, 0.3) is 0 Å². The van der Waals surface area contributed by atoms with E-state index in [-0.39, 0.29) is 11.7 Å². The molecule has 20 heavy (non-hydrogen) atoms. The number of hydrogen-bond donors (Lipinski definition) is 1. The van der Waals surface area contributed by atoms with E-state index in [0.717, 1.165) is 5.56 Å². The molecule has 0 unspecified atom stereocenters. The molecule has 104 valence electrons. The number of carboxylic acid groups (broad SMARTS) is 1. The normalized spacial score (nSPS) is 10.6. The molecule has 0 aliphatic rings. The second-order valence-electron chi connectivity index (χ2n) is 4.88. The number of carboxylic acids is 1. The Bertz CT molecular complexity index is 582. The molecule has 4 heteroatoms. The topological polar surface area (TPSA) is 53.4 Å². The molecule has 0 saturated carbocycles. The third kappa shape index (κ3) is 3.15. The molecule has 0 aliphatic carbocycles. The molecule has 0 saturated heterocycles. The van der Waals surface area contributed by atoms with Gasteiger partial charge in [-0.1, -0.05) is 30.3 Å². The van der Waals surface area contributed by atoms with Crippen LogP contribution in [-0.2, 0) is 6.54 Å². The van der Waals surface area contributed by atoms with Gasteiger partial charge in [0.2, 0.25) is 0 Å². The van der Waals surface area contributed by atoms with Crippen LogP contribution >= 0.6 is 0 Å². The van der Waals surface area contributed by atoms with Gasteiger partial charge < -0.3 is 10.0 Å². The Labute approximate surface area is 118 Å².